The smallest absolute Gasteiger partial charge is 0.335 e. The molecule has 0 aliphatic heterocycles. The van der Waals surface area contributed by atoms with Gasteiger partial charge in [-0.15, -0.1) is 0 Å². The molecule has 5 rings (SSSR count). The van der Waals surface area contributed by atoms with Crippen LogP contribution in [-0.2, 0) is 14.3 Å². The Morgan fingerprint density at radius 3 is 1.74 bits per heavy atom. The second kappa shape index (κ2) is 21.8. The Hall–Kier alpha value is -8.37. The highest BCUT2D eigenvalue weighted by Crippen LogP contribution is 2.39. The summed E-state index contributed by atoms with van der Waals surface area (Å²) in [6, 6.07) is 21.0. The first-order chi connectivity index (χ1) is 31.4. The van der Waals surface area contributed by atoms with Crippen LogP contribution in [-0.4, -0.2) is 88.8 Å². The van der Waals surface area contributed by atoms with E-state index in [1.807, 2.05) is 0 Å². The van der Waals surface area contributed by atoms with Crippen LogP contribution in [0.15, 0.2) is 103 Å². The van der Waals surface area contributed by atoms with Crippen molar-refractivity contribution in [3.63, 3.8) is 0 Å². The van der Waals surface area contributed by atoms with E-state index in [1.165, 1.54) is 103 Å². The fourth-order valence-corrected chi connectivity index (χ4v) is 6.14. The summed E-state index contributed by atoms with van der Waals surface area (Å²) in [7, 11) is 1.12. The summed E-state index contributed by atoms with van der Waals surface area (Å²) in [4.78, 5) is 90.1. The van der Waals surface area contributed by atoms with Crippen molar-refractivity contribution in [2.24, 2.45) is 5.73 Å². The zero-order valence-corrected chi connectivity index (χ0v) is 35.7. The van der Waals surface area contributed by atoms with Gasteiger partial charge in [-0.1, -0.05) is 0 Å². The van der Waals surface area contributed by atoms with Gasteiger partial charge in [-0.3, -0.25) is 28.8 Å². The standard InChI is InChI=1S/C45H45N7O14/c1-5-65-34-22-27(45(60)61)12-20-32(34)49-43(58)31-19-21-33(37(36(31)53)66-23(2)3)50-41(56)24-6-15-29(16-7-24)48-44(59)35(38(64-4)39(46)54)51-42(57)25-8-13-28(14-9-25)47-40(55)26-10-17-30(18-11-26)52(62)63/h6-23,35,38,52-53,62H,5H2,1-4H3,(H2,46,54)(H,47,55)(H,48,59)(H,49,58)(H,50,56)(H,51,57)(H,60,61)/t35-,38+/m0/s1. The van der Waals surface area contributed by atoms with Crippen molar-refractivity contribution in [3.05, 3.63) is 136 Å². The lowest BCUT2D eigenvalue weighted by Crippen LogP contribution is -2.99. The summed E-state index contributed by atoms with van der Waals surface area (Å²) in [5.74, 6) is -6.74. The Morgan fingerprint density at radius 1 is 0.697 bits per heavy atom. The fraction of sp³-hybridized carbons (Fsp3) is 0.178. The first-order valence-corrected chi connectivity index (χ1v) is 19.8. The van der Waals surface area contributed by atoms with Crippen molar-refractivity contribution in [2.75, 3.05) is 35.0 Å². The topological polar surface area (TPSA) is 322 Å². The molecule has 5 aromatic carbocycles. The van der Waals surface area contributed by atoms with Crippen molar-refractivity contribution < 1.29 is 68.4 Å². The first kappa shape index (κ1) is 48.7. The van der Waals surface area contributed by atoms with Gasteiger partial charge in [0, 0.05) is 47.3 Å². The van der Waals surface area contributed by atoms with Crippen LogP contribution in [0, 0.1) is 5.21 Å². The number of quaternary nitrogens is 1. The third-order valence-electron chi connectivity index (χ3n) is 9.37. The molecule has 0 radical (unpaired) electrons. The molecule has 0 saturated carbocycles. The molecule has 3 atom stereocenters. The van der Waals surface area contributed by atoms with E-state index in [-0.39, 0.29) is 68.7 Å². The highest BCUT2D eigenvalue weighted by Gasteiger charge is 2.35. The fourth-order valence-electron chi connectivity index (χ4n) is 6.14. The predicted octanol–water partition coefficient (Wildman–Crippen LogP) is 3.67. The van der Waals surface area contributed by atoms with Crippen LogP contribution < -0.4 is 47.0 Å². The molecular weight excluding hydrogens is 863 g/mol. The van der Waals surface area contributed by atoms with Gasteiger partial charge in [0.1, 0.15) is 11.8 Å². The Balaban J connectivity index is 1.26. The monoisotopic (exact) mass is 907 g/mol. The zero-order valence-electron chi connectivity index (χ0n) is 35.7. The van der Waals surface area contributed by atoms with Crippen molar-refractivity contribution >= 4 is 69.8 Å². The Labute approximate surface area is 376 Å². The van der Waals surface area contributed by atoms with Gasteiger partial charge in [-0.05, 0) is 112 Å². The second-order valence-corrected chi connectivity index (χ2v) is 14.4. The lowest BCUT2D eigenvalue weighted by atomic mass is 10.1. The van der Waals surface area contributed by atoms with E-state index in [1.54, 1.807) is 20.8 Å². The van der Waals surface area contributed by atoms with E-state index in [0.29, 0.717) is 5.69 Å². The number of amides is 6. The Morgan fingerprint density at radius 2 is 1.21 bits per heavy atom. The van der Waals surface area contributed by atoms with E-state index in [4.69, 9.17) is 25.2 Å². The molecular formula is C45H45N7O14. The lowest BCUT2D eigenvalue weighted by Gasteiger charge is -2.24. The molecule has 0 aromatic heterocycles. The number of ether oxygens (including phenoxy) is 3. The highest BCUT2D eigenvalue weighted by atomic mass is 16.8. The number of carbonyl (C=O) groups is 7. The zero-order chi connectivity index (χ0) is 48.2. The van der Waals surface area contributed by atoms with Gasteiger partial charge in [-0.25, -0.2) is 10.0 Å². The van der Waals surface area contributed by atoms with Crippen molar-refractivity contribution in [3.8, 4) is 17.2 Å². The van der Waals surface area contributed by atoms with Crippen molar-refractivity contribution in [1.82, 2.24) is 5.32 Å². The molecule has 0 aliphatic rings. The van der Waals surface area contributed by atoms with Crippen LogP contribution in [0.4, 0.5) is 28.4 Å². The lowest BCUT2D eigenvalue weighted by molar-refractivity contribution is -0.991. The summed E-state index contributed by atoms with van der Waals surface area (Å²) >= 11 is 0. The number of carbonyl (C=O) groups excluding carboxylic acids is 6. The highest BCUT2D eigenvalue weighted by molar-refractivity contribution is 6.10. The average molecular weight is 908 g/mol. The summed E-state index contributed by atoms with van der Waals surface area (Å²) in [5, 5.41) is 52.5. The molecule has 11 N–H and O–H groups in total. The molecule has 21 nitrogen and oxygen atoms in total. The SMILES string of the molecule is CCOc1cc(C(=O)O)ccc1NC(=O)c1ccc(NC(=O)c2ccc(NC(=O)[C@@H](NC(=O)c3ccc(NC(=O)c4ccc([NH+]([O-])O)cc4)cc3)[C@@H](OC)C(N)=O)cc2)c(OC(C)C)c1O. The predicted molar refractivity (Wildman–Crippen MR) is 237 cm³/mol. The van der Waals surface area contributed by atoms with Crippen LogP contribution in [0.1, 0.15) is 72.6 Å². The number of hydrogen-bond acceptors (Lipinski definition) is 13. The van der Waals surface area contributed by atoms with Gasteiger partial charge in [0.2, 0.25) is 11.8 Å². The molecule has 0 aliphatic carbocycles. The normalized spacial score (nSPS) is 12.2. The van der Waals surface area contributed by atoms with E-state index in [9.17, 15) is 49.0 Å². The van der Waals surface area contributed by atoms with Crippen LogP contribution in [0.3, 0.4) is 0 Å². The van der Waals surface area contributed by atoms with E-state index in [0.717, 1.165) is 7.11 Å². The molecule has 1 unspecified atom stereocenters. The number of methoxy groups -OCH3 is 1. The molecule has 6 amide bonds. The Kier molecular flexibility index (Phi) is 16.1. The number of aromatic hydroxyl groups is 1. The van der Waals surface area contributed by atoms with Gasteiger partial charge in [0.25, 0.3) is 23.6 Å². The number of carboxylic acids is 1. The second-order valence-electron chi connectivity index (χ2n) is 14.4. The number of anilines is 4. The van der Waals surface area contributed by atoms with Gasteiger partial charge in [0.15, 0.2) is 23.3 Å². The number of nitrogens with one attached hydrogen (secondary N) is 6. The summed E-state index contributed by atoms with van der Waals surface area (Å²) in [6.07, 6.45) is -2.15. The number of primary amides is 1. The third-order valence-corrected chi connectivity index (χ3v) is 9.37. The van der Waals surface area contributed by atoms with Crippen LogP contribution in [0.25, 0.3) is 0 Å². The quantitative estimate of drug-likeness (QED) is 0.0529. The Bertz CT molecular complexity index is 2620. The number of phenolic OH excluding ortho intramolecular Hbond substituents is 1. The van der Waals surface area contributed by atoms with E-state index >= 15 is 0 Å². The number of hydrogen-bond donors (Lipinski definition) is 10. The maximum absolute atomic E-state index is 13.6. The molecule has 5 aromatic rings. The largest absolute Gasteiger partial charge is 0.595 e. The maximum atomic E-state index is 13.6. The van der Waals surface area contributed by atoms with Gasteiger partial charge in [-0.2, -0.15) is 5.23 Å². The molecule has 0 bridgehead atoms. The van der Waals surface area contributed by atoms with Crippen LogP contribution in [0.2, 0.25) is 0 Å². The molecule has 0 saturated heterocycles. The molecule has 344 valence electrons. The maximum Gasteiger partial charge on any atom is 0.335 e. The molecule has 0 spiro atoms. The van der Waals surface area contributed by atoms with Gasteiger partial charge in [0.05, 0.1) is 35.2 Å². The number of carboxylic acid groups (broad SMARTS) is 1. The summed E-state index contributed by atoms with van der Waals surface area (Å²) in [5.41, 5.74) is 6.06. The number of aromatic carboxylic acids is 1. The van der Waals surface area contributed by atoms with E-state index in [2.05, 4.69) is 26.6 Å². The summed E-state index contributed by atoms with van der Waals surface area (Å²) < 4.78 is 16.5. The molecule has 0 fully saturated rings. The number of phenols is 1. The summed E-state index contributed by atoms with van der Waals surface area (Å²) in [6.45, 7) is 5.17. The van der Waals surface area contributed by atoms with Crippen molar-refractivity contribution in [2.45, 2.75) is 39.0 Å². The van der Waals surface area contributed by atoms with Gasteiger partial charge < -0.3 is 61.9 Å². The minimum Gasteiger partial charge on any atom is -0.595 e. The minimum absolute atomic E-state index is 0.000725. The van der Waals surface area contributed by atoms with Crippen LogP contribution >= 0.6 is 0 Å². The van der Waals surface area contributed by atoms with Crippen LogP contribution in [0.5, 0.6) is 17.2 Å². The van der Waals surface area contributed by atoms with Crippen molar-refractivity contribution in [1.29, 1.82) is 0 Å². The van der Waals surface area contributed by atoms with E-state index < -0.39 is 70.6 Å². The number of benzene rings is 5. The first-order valence-electron chi connectivity index (χ1n) is 19.8. The minimum atomic E-state index is -1.66. The molecule has 0 heterocycles. The van der Waals surface area contributed by atoms with Gasteiger partial charge >= 0.3 is 5.97 Å². The molecule has 21 heteroatoms. The third kappa shape index (κ3) is 12.2. The average Bonchev–Trinajstić information content (AvgIpc) is 3.28. The number of rotatable bonds is 19. The molecule has 66 heavy (non-hydrogen) atoms. The number of nitrogens with two attached hydrogens (primary N) is 1.